The fraction of sp³-hybridized carbons (Fsp3) is 0.130. The highest BCUT2D eigenvalue weighted by Crippen LogP contribution is 2.35. The molecule has 1 aliphatic heterocycles. The second-order valence-corrected chi connectivity index (χ2v) is 6.59. The zero-order valence-corrected chi connectivity index (χ0v) is 15.7. The molecule has 0 bridgehead atoms. The van der Waals surface area contributed by atoms with Crippen molar-refractivity contribution in [2.45, 2.75) is 6.54 Å². The van der Waals surface area contributed by atoms with Gasteiger partial charge >= 0.3 is 0 Å². The number of benzene rings is 3. The van der Waals surface area contributed by atoms with E-state index in [1.54, 1.807) is 35.2 Å². The molecule has 0 atom stereocenters. The van der Waals surface area contributed by atoms with Crippen LogP contribution in [0.3, 0.4) is 0 Å². The van der Waals surface area contributed by atoms with Crippen molar-refractivity contribution in [2.24, 2.45) is 0 Å². The van der Waals surface area contributed by atoms with Gasteiger partial charge in [0.1, 0.15) is 11.5 Å². The minimum absolute atomic E-state index is 0.0334. The van der Waals surface area contributed by atoms with Gasteiger partial charge in [0.2, 0.25) is 0 Å². The number of nitrogens with zero attached hydrogens (tertiary/aromatic N) is 1. The summed E-state index contributed by atoms with van der Waals surface area (Å²) in [5.74, 6) is 0.810. The predicted molar refractivity (Wildman–Crippen MR) is 110 cm³/mol. The maximum Gasteiger partial charge on any atom is 0.265 e. The monoisotopic (exact) mass is 388 g/mol. The van der Waals surface area contributed by atoms with Crippen molar-refractivity contribution in [1.82, 2.24) is 0 Å². The normalized spacial score (nSPS) is 12.7. The maximum atomic E-state index is 12.4. The van der Waals surface area contributed by atoms with Crippen LogP contribution in [0.5, 0.6) is 11.5 Å². The molecule has 0 unspecified atom stereocenters. The van der Waals surface area contributed by atoms with Gasteiger partial charge in [-0.05, 0) is 29.8 Å². The first-order chi connectivity index (χ1) is 14.2. The third kappa shape index (κ3) is 4.55. The number of anilines is 2. The second-order valence-electron chi connectivity index (χ2n) is 6.59. The number of carbonyl (C=O) groups is 2. The van der Waals surface area contributed by atoms with Gasteiger partial charge < -0.3 is 19.7 Å². The van der Waals surface area contributed by atoms with Crippen LogP contribution < -0.4 is 19.7 Å². The SMILES string of the molecule is O=C(COc1ccccc1)Nc1ccc2c(c1)OCC(=O)N2Cc1ccccc1. The van der Waals surface area contributed by atoms with Crippen molar-refractivity contribution in [1.29, 1.82) is 0 Å². The number of para-hydroxylation sites is 1. The quantitative estimate of drug-likeness (QED) is 0.700. The maximum absolute atomic E-state index is 12.4. The number of fused-ring (bicyclic) bond motifs is 1. The van der Waals surface area contributed by atoms with Gasteiger partial charge in [-0.1, -0.05) is 48.5 Å². The highest BCUT2D eigenvalue weighted by molar-refractivity contribution is 5.99. The molecule has 146 valence electrons. The average Bonchev–Trinajstić information content (AvgIpc) is 2.76. The smallest absolute Gasteiger partial charge is 0.265 e. The summed E-state index contributed by atoms with van der Waals surface area (Å²) in [5, 5.41) is 2.79. The second kappa shape index (κ2) is 8.48. The van der Waals surface area contributed by atoms with Crippen molar-refractivity contribution in [3.63, 3.8) is 0 Å². The molecule has 0 aliphatic carbocycles. The molecule has 6 heteroatoms. The van der Waals surface area contributed by atoms with Crippen molar-refractivity contribution >= 4 is 23.2 Å². The van der Waals surface area contributed by atoms with E-state index in [4.69, 9.17) is 9.47 Å². The van der Waals surface area contributed by atoms with Crippen molar-refractivity contribution in [3.05, 3.63) is 84.4 Å². The van der Waals surface area contributed by atoms with E-state index in [0.717, 1.165) is 5.56 Å². The van der Waals surface area contributed by atoms with Crippen LogP contribution in [0.2, 0.25) is 0 Å². The van der Waals surface area contributed by atoms with Crippen molar-refractivity contribution in [2.75, 3.05) is 23.4 Å². The number of ether oxygens (including phenoxy) is 2. The van der Waals surface area contributed by atoms with E-state index >= 15 is 0 Å². The van der Waals surface area contributed by atoms with Crippen LogP contribution in [0.1, 0.15) is 5.56 Å². The first-order valence-corrected chi connectivity index (χ1v) is 9.28. The zero-order chi connectivity index (χ0) is 20.1. The third-order valence-electron chi connectivity index (χ3n) is 4.48. The summed E-state index contributed by atoms with van der Waals surface area (Å²) in [7, 11) is 0. The molecule has 1 N–H and O–H groups in total. The molecule has 0 saturated carbocycles. The fourth-order valence-corrected chi connectivity index (χ4v) is 3.08. The molecule has 4 rings (SSSR count). The standard InChI is InChI=1S/C23H20N2O4/c26-22(15-28-19-9-5-2-6-10-19)24-18-11-12-20-21(13-18)29-16-23(27)25(20)14-17-7-3-1-4-8-17/h1-13H,14-16H2,(H,24,26). The Labute approximate surface area is 168 Å². The van der Waals surface area contributed by atoms with Crippen LogP contribution in [0, 0.1) is 0 Å². The van der Waals surface area contributed by atoms with Gasteiger partial charge in [-0.25, -0.2) is 0 Å². The van der Waals surface area contributed by atoms with Gasteiger partial charge in [-0.3, -0.25) is 9.59 Å². The first kappa shape index (κ1) is 18.6. The Hall–Kier alpha value is -3.80. The third-order valence-corrected chi connectivity index (χ3v) is 4.48. The Morgan fingerprint density at radius 2 is 1.72 bits per heavy atom. The van der Waals surface area contributed by atoms with E-state index in [0.29, 0.717) is 29.4 Å². The molecule has 0 radical (unpaired) electrons. The molecule has 2 amide bonds. The molecule has 1 aliphatic rings. The Morgan fingerprint density at radius 1 is 1.00 bits per heavy atom. The summed E-state index contributed by atoms with van der Waals surface area (Å²) in [6.07, 6.45) is 0. The van der Waals surface area contributed by atoms with E-state index in [1.165, 1.54) is 0 Å². The molecule has 3 aromatic carbocycles. The van der Waals surface area contributed by atoms with Gasteiger partial charge in [0.15, 0.2) is 13.2 Å². The summed E-state index contributed by atoms with van der Waals surface area (Å²) in [6, 6.07) is 24.2. The average molecular weight is 388 g/mol. The number of amides is 2. The van der Waals surface area contributed by atoms with Gasteiger partial charge in [0.25, 0.3) is 11.8 Å². The number of hydrogen-bond acceptors (Lipinski definition) is 4. The minimum Gasteiger partial charge on any atom is -0.484 e. The summed E-state index contributed by atoms with van der Waals surface area (Å²) in [5.41, 5.74) is 2.30. The van der Waals surface area contributed by atoms with Crippen LogP contribution in [-0.4, -0.2) is 25.0 Å². The Balaban J connectivity index is 1.43. The number of carbonyl (C=O) groups excluding carboxylic acids is 2. The highest BCUT2D eigenvalue weighted by atomic mass is 16.5. The zero-order valence-electron chi connectivity index (χ0n) is 15.7. The Morgan fingerprint density at radius 3 is 2.48 bits per heavy atom. The van der Waals surface area contributed by atoms with Crippen LogP contribution in [0.15, 0.2) is 78.9 Å². The molecule has 0 aromatic heterocycles. The molecule has 3 aromatic rings. The minimum atomic E-state index is -0.276. The van der Waals surface area contributed by atoms with Gasteiger partial charge in [-0.2, -0.15) is 0 Å². The summed E-state index contributed by atoms with van der Waals surface area (Å²) >= 11 is 0. The van der Waals surface area contributed by atoms with Crippen LogP contribution in [-0.2, 0) is 16.1 Å². The largest absolute Gasteiger partial charge is 0.484 e. The molecule has 0 fully saturated rings. The molecule has 0 saturated heterocycles. The van der Waals surface area contributed by atoms with Crippen LogP contribution in [0.25, 0.3) is 0 Å². The number of rotatable bonds is 6. The predicted octanol–water partition coefficient (Wildman–Crippen LogP) is 3.63. The number of nitrogens with one attached hydrogen (secondary N) is 1. The summed E-state index contributed by atoms with van der Waals surface area (Å²) < 4.78 is 11.0. The Kier molecular flexibility index (Phi) is 5.42. The van der Waals surface area contributed by atoms with E-state index in [2.05, 4.69) is 5.32 Å². The summed E-state index contributed by atoms with van der Waals surface area (Å²) in [4.78, 5) is 26.2. The lowest BCUT2D eigenvalue weighted by Crippen LogP contribution is -2.38. The topological polar surface area (TPSA) is 67.9 Å². The molecule has 0 spiro atoms. The lowest BCUT2D eigenvalue weighted by atomic mass is 10.1. The Bertz CT molecular complexity index is 1010. The van der Waals surface area contributed by atoms with E-state index in [1.807, 2.05) is 48.5 Å². The van der Waals surface area contributed by atoms with Crippen LogP contribution >= 0.6 is 0 Å². The molecule has 29 heavy (non-hydrogen) atoms. The van der Waals surface area contributed by atoms with Crippen molar-refractivity contribution in [3.8, 4) is 11.5 Å². The summed E-state index contributed by atoms with van der Waals surface area (Å²) in [6.45, 7) is 0.335. The highest BCUT2D eigenvalue weighted by Gasteiger charge is 2.26. The van der Waals surface area contributed by atoms with E-state index in [-0.39, 0.29) is 25.0 Å². The number of hydrogen-bond donors (Lipinski definition) is 1. The molecular weight excluding hydrogens is 368 g/mol. The van der Waals surface area contributed by atoms with Crippen molar-refractivity contribution < 1.29 is 19.1 Å². The lowest BCUT2D eigenvalue weighted by Gasteiger charge is -2.29. The molecular formula is C23H20N2O4. The van der Waals surface area contributed by atoms with E-state index < -0.39 is 0 Å². The fourth-order valence-electron chi connectivity index (χ4n) is 3.08. The first-order valence-electron chi connectivity index (χ1n) is 9.28. The van der Waals surface area contributed by atoms with E-state index in [9.17, 15) is 9.59 Å². The van der Waals surface area contributed by atoms with Crippen LogP contribution in [0.4, 0.5) is 11.4 Å². The lowest BCUT2D eigenvalue weighted by molar-refractivity contribution is -0.121. The van der Waals surface area contributed by atoms with Gasteiger partial charge in [0, 0.05) is 11.8 Å². The molecule has 6 nitrogen and oxygen atoms in total. The van der Waals surface area contributed by atoms with Gasteiger partial charge in [-0.15, -0.1) is 0 Å². The van der Waals surface area contributed by atoms with Gasteiger partial charge in [0.05, 0.1) is 12.2 Å². The molecule has 1 heterocycles.